The predicted octanol–water partition coefficient (Wildman–Crippen LogP) is 4.65. The van der Waals surface area contributed by atoms with Crippen LogP contribution in [0.5, 0.6) is 0 Å². The summed E-state index contributed by atoms with van der Waals surface area (Å²) in [5, 5.41) is 0. The summed E-state index contributed by atoms with van der Waals surface area (Å²) in [5.74, 6) is 0. The summed E-state index contributed by atoms with van der Waals surface area (Å²) < 4.78 is 27.5. The molecule has 0 bridgehead atoms. The topological polar surface area (TPSA) is 0 Å². The Hall–Kier alpha value is 0.294. The maximum absolute atomic E-state index is 13.8. The minimum atomic E-state index is -2.45. The van der Waals surface area contributed by atoms with Crippen molar-refractivity contribution in [3.63, 3.8) is 0 Å². The Morgan fingerprint density at radius 3 is 1.07 bits per heavy atom. The van der Waals surface area contributed by atoms with E-state index in [0.29, 0.717) is 0 Å². The highest BCUT2D eigenvalue weighted by atomic mass is 28.4. The summed E-state index contributed by atoms with van der Waals surface area (Å²) >= 11 is 0. The fourth-order valence-corrected chi connectivity index (χ4v) is 5.88. The minimum absolute atomic E-state index is 0.287. The van der Waals surface area contributed by atoms with Gasteiger partial charge in [0.05, 0.1) is 0 Å². The Labute approximate surface area is 88.5 Å². The summed E-state index contributed by atoms with van der Waals surface area (Å²) in [6.07, 6.45) is 3.73. The molecule has 0 nitrogen and oxygen atoms in total. The molecule has 0 N–H and O–H groups in total. The lowest BCUT2D eigenvalue weighted by atomic mass is 9.99. The summed E-state index contributed by atoms with van der Waals surface area (Å²) in [6.45, 7) is 7.15. The molecule has 4 heteroatoms. The van der Waals surface area contributed by atoms with E-state index in [-0.39, 0.29) is 11.1 Å². The molecule has 0 spiro atoms. The fraction of sp³-hybridized carbons (Fsp3) is 1.00. The SMILES string of the molecule is C[Si](C)(F)C1CCC([Si](C)(C)F)CC1. The molecule has 0 aromatic carbocycles. The van der Waals surface area contributed by atoms with Crippen molar-refractivity contribution in [3.05, 3.63) is 0 Å². The smallest absolute Gasteiger partial charge is 0.244 e. The Balaban J connectivity index is 2.47. The van der Waals surface area contributed by atoms with Crippen LogP contribution < -0.4 is 0 Å². The molecule has 0 radical (unpaired) electrons. The van der Waals surface area contributed by atoms with Crippen LogP contribution in [0.4, 0.5) is 8.22 Å². The number of hydrogen-bond donors (Lipinski definition) is 0. The number of halogens is 2. The van der Waals surface area contributed by atoms with Gasteiger partial charge in [-0.25, -0.2) is 0 Å². The van der Waals surface area contributed by atoms with E-state index in [1.807, 2.05) is 0 Å². The van der Waals surface area contributed by atoms with E-state index in [1.165, 1.54) is 0 Å². The summed E-state index contributed by atoms with van der Waals surface area (Å²) in [5.41, 5.74) is 0.574. The zero-order valence-corrected chi connectivity index (χ0v) is 11.7. The summed E-state index contributed by atoms with van der Waals surface area (Å²) in [7, 11) is -4.90. The van der Waals surface area contributed by atoms with Gasteiger partial charge in [0.15, 0.2) is 0 Å². The second-order valence-corrected chi connectivity index (χ2v) is 13.6. The quantitative estimate of drug-likeness (QED) is 0.483. The Morgan fingerprint density at radius 2 is 0.929 bits per heavy atom. The van der Waals surface area contributed by atoms with Gasteiger partial charge in [-0.1, -0.05) is 25.7 Å². The third-order valence-electron chi connectivity index (χ3n) is 3.67. The lowest BCUT2D eigenvalue weighted by molar-refractivity contribution is 0.450. The Kier molecular flexibility index (Phi) is 3.57. The van der Waals surface area contributed by atoms with Gasteiger partial charge >= 0.3 is 0 Å². The van der Waals surface area contributed by atoms with Gasteiger partial charge in [-0.2, -0.15) is 0 Å². The second kappa shape index (κ2) is 4.04. The van der Waals surface area contributed by atoms with Crippen molar-refractivity contribution >= 4 is 16.8 Å². The summed E-state index contributed by atoms with van der Waals surface area (Å²) in [4.78, 5) is 0. The monoisotopic (exact) mass is 236 g/mol. The fourth-order valence-electron chi connectivity index (χ4n) is 2.47. The molecule has 1 rings (SSSR count). The van der Waals surface area contributed by atoms with Gasteiger partial charge < -0.3 is 8.22 Å². The molecule has 0 aromatic rings. The minimum Gasteiger partial charge on any atom is -0.314 e. The molecule has 0 amide bonds. The van der Waals surface area contributed by atoms with E-state index >= 15 is 0 Å². The predicted molar refractivity (Wildman–Crippen MR) is 63.1 cm³/mol. The zero-order valence-electron chi connectivity index (χ0n) is 9.74. The standard InChI is InChI=1S/C10H22F2Si2/c1-13(2,11)9-5-7-10(8-6-9)14(3,4)12/h9-10H,5-8H2,1-4H3. The lowest BCUT2D eigenvalue weighted by Crippen LogP contribution is -2.34. The van der Waals surface area contributed by atoms with E-state index in [0.717, 1.165) is 25.7 Å². The molecule has 0 saturated heterocycles. The van der Waals surface area contributed by atoms with E-state index in [1.54, 1.807) is 26.2 Å². The van der Waals surface area contributed by atoms with Gasteiger partial charge in [0, 0.05) is 0 Å². The first-order chi connectivity index (χ1) is 6.21. The highest BCUT2D eigenvalue weighted by molar-refractivity contribution is 6.73. The molecule has 1 aliphatic carbocycles. The number of hydrogen-bond acceptors (Lipinski definition) is 0. The molecule has 0 aliphatic heterocycles. The Bertz CT molecular complexity index is 163. The number of rotatable bonds is 2. The van der Waals surface area contributed by atoms with Crippen molar-refractivity contribution in [1.29, 1.82) is 0 Å². The van der Waals surface area contributed by atoms with E-state index < -0.39 is 16.8 Å². The van der Waals surface area contributed by atoms with Crippen molar-refractivity contribution in [2.75, 3.05) is 0 Å². The van der Waals surface area contributed by atoms with Gasteiger partial charge in [0.1, 0.15) is 0 Å². The molecule has 1 aliphatic rings. The second-order valence-electron chi connectivity index (χ2n) is 5.68. The third kappa shape index (κ3) is 3.15. The van der Waals surface area contributed by atoms with Crippen LogP contribution in [-0.4, -0.2) is 16.8 Å². The van der Waals surface area contributed by atoms with Crippen molar-refractivity contribution in [3.8, 4) is 0 Å². The molecular formula is C10H22F2Si2. The van der Waals surface area contributed by atoms with Crippen LogP contribution in [0.3, 0.4) is 0 Å². The maximum Gasteiger partial charge on any atom is 0.244 e. The average Bonchev–Trinajstić information content (AvgIpc) is 2.01. The van der Waals surface area contributed by atoms with E-state index in [9.17, 15) is 8.22 Å². The molecule has 1 fully saturated rings. The normalized spacial score (nSPS) is 30.4. The van der Waals surface area contributed by atoms with Gasteiger partial charge in [-0.15, -0.1) is 0 Å². The molecule has 84 valence electrons. The van der Waals surface area contributed by atoms with E-state index in [2.05, 4.69) is 0 Å². The van der Waals surface area contributed by atoms with Gasteiger partial charge in [0.2, 0.25) is 16.8 Å². The molecule has 0 heterocycles. The first-order valence-electron chi connectivity index (χ1n) is 5.59. The van der Waals surface area contributed by atoms with Crippen LogP contribution in [0.15, 0.2) is 0 Å². The van der Waals surface area contributed by atoms with Gasteiger partial charge in [-0.3, -0.25) is 0 Å². The van der Waals surface area contributed by atoms with Crippen LogP contribution in [0.1, 0.15) is 25.7 Å². The van der Waals surface area contributed by atoms with Crippen LogP contribution in [0, 0.1) is 0 Å². The molecule has 14 heavy (non-hydrogen) atoms. The summed E-state index contributed by atoms with van der Waals surface area (Å²) in [6, 6.07) is 0. The highest BCUT2D eigenvalue weighted by Gasteiger charge is 2.41. The first-order valence-corrected chi connectivity index (χ1v) is 11.5. The first kappa shape index (κ1) is 12.4. The zero-order chi connectivity index (χ0) is 11.0. The van der Waals surface area contributed by atoms with Crippen LogP contribution in [-0.2, 0) is 0 Å². The maximum atomic E-state index is 13.8. The largest absolute Gasteiger partial charge is 0.314 e. The van der Waals surface area contributed by atoms with Crippen molar-refractivity contribution in [1.82, 2.24) is 0 Å². The molecule has 1 saturated carbocycles. The van der Waals surface area contributed by atoms with Crippen molar-refractivity contribution in [2.45, 2.75) is 63.0 Å². The molecule has 0 aromatic heterocycles. The van der Waals surface area contributed by atoms with Gasteiger partial charge in [-0.05, 0) is 37.3 Å². The van der Waals surface area contributed by atoms with Crippen LogP contribution >= 0.6 is 0 Å². The highest BCUT2D eigenvalue weighted by Crippen LogP contribution is 2.45. The molecular weight excluding hydrogens is 214 g/mol. The van der Waals surface area contributed by atoms with Crippen LogP contribution in [0.25, 0.3) is 0 Å². The Morgan fingerprint density at radius 1 is 0.714 bits per heavy atom. The molecule has 0 atom stereocenters. The average molecular weight is 236 g/mol. The van der Waals surface area contributed by atoms with Gasteiger partial charge in [0.25, 0.3) is 0 Å². The molecule has 0 unspecified atom stereocenters. The van der Waals surface area contributed by atoms with E-state index in [4.69, 9.17) is 0 Å². The van der Waals surface area contributed by atoms with Crippen molar-refractivity contribution in [2.24, 2.45) is 0 Å². The van der Waals surface area contributed by atoms with Crippen molar-refractivity contribution < 1.29 is 8.22 Å². The van der Waals surface area contributed by atoms with Crippen LogP contribution in [0.2, 0.25) is 37.3 Å². The third-order valence-corrected chi connectivity index (χ3v) is 8.71. The lowest BCUT2D eigenvalue weighted by Gasteiger charge is -2.35.